The van der Waals surface area contributed by atoms with Gasteiger partial charge in [-0.1, -0.05) is 33.6 Å². The van der Waals surface area contributed by atoms with Crippen molar-refractivity contribution in [3.05, 3.63) is 0 Å². The van der Waals surface area contributed by atoms with E-state index in [1.165, 1.54) is 0 Å². The second-order valence-corrected chi connectivity index (χ2v) is 7.33. The summed E-state index contributed by atoms with van der Waals surface area (Å²) in [6.45, 7) is 9.82. The Bertz CT molecular complexity index is 410. The van der Waals surface area contributed by atoms with E-state index in [2.05, 4.69) is 0 Å². The molecule has 0 aromatic heterocycles. The first-order valence-corrected chi connectivity index (χ1v) is 8.28. The van der Waals surface area contributed by atoms with Crippen molar-refractivity contribution < 1.29 is 24.5 Å². The first-order valence-electron chi connectivity index (χ1n) is 8.28. The Kier molecular flexibility index (Phi) is 8.21. The van der Waals surface area contributed by atoms with Crippen LogP contribution in [0.15, 0.2) is 0 Å². The van der Waals surface area contributed by atoms with E-state index in [1.807, 2.05) is 20.8 Å². The molecule has 6 heteroatoms. The van der Waals surface area contributed by atoms with Gasteiger partial charge in [0.15, 0.2) is 0 Å². The number of unbranched alkanes of at least 4 members (excludes halogenated alkanes) is 1. The highest BCUT2D eigenvalue weighted by atomic mass is 16.5. The summed E-state index contributed by atoms with van der Waals surface area (Å²) >= 11 is 0. The monoisotopic (exact) mass is 331 g/mol. The summed E-state index contributed by atoms with van der Waals surface area (Å²) in [4.78, 5) is 22.4. The molecule has 3 unspecified atom stereocenters. The molecule has 0 amide bonds. The molecule has 0 aromatic rings. The van der Waals surface area contributed by atoms with Crippen molar-refractivity contribution in [2.24, 2.45) is 11.1 Å². The number of hydrogen-bond acceptors (Lipinski definition) is 4. The van der Waals surface area contributed by atoms with E-state index in [9.17, 15) is 14.7 Å². The zero-order valence-corrected chi connectivity index (χ0v) is 15.1. The Morgan fingerprint density at radius 2 is 1.57 bits per heavy atom. The first-order chi connectivity index (χ1) is 10.4. The molecule has 0 bridgehead atoms. The van der Waals surface area contributed by atoms with Gasteiger partial charge in [-0.25, -0.2) is 0 Å². The summed E-state index contributed by atoms with van der Waals surface area (Å²) in [5.41, 5.74) is 3.80. The molecule has 0 aromatic carbocycles. The third-order valence-corrected chi connectivity index (χ3v) is 4.84. The predicted molar refractivity (Wildman–Crippen MR) is 89.4 cm³/mol. The van der Waals surface area contributed by atoms with Crippen LogP contribution >= 0.6 is 0 Å². The van der Waals surface area contributed by atoms with Gasteiger partial charge in [-0.05, 0) is 32.1 Å². The van der Waals surface area contributed by atoms with Crippen molar-refractivity contribution in [1.82, 2.24) is 0 Å². The van der Waals surface area contributed by atoms with Crippen molar-refractivity contribution in [3.8, 4) is 0 Å². The van der Waals surface area contributed by atoms with E-state index < -0.39 is 28.5 Å². The number of carboxylic acids is 2. The molecule has 0 aliphatic rings. The summed E-state index contributed by atoms with van der Waals surface area (Å²) in [6.07, 6.45) is 2.61. The first kappa shape index (κ1) is 21.9. The van der Waals surface area contributed by atoms with E-state index in [0.717, 1.165) is 12.8 Å². The van der Waals surface area contributed by atoms with Gasteiger partial charge >= 0.3 is 11.9 Å². The molecule has 0 aliphatic carbocycles. The van der Waals surface area contributed by atoms with Gasteiger partial charge in [0.1, 0.15) is 0 Å². The third-order valence-electron chi connectivity index (χ3n) is 4.84. The Hall–Kier alpha value is -1.14. The average Bonchev–Trinajstić information content (AvgIpc) is 2.36. The number of carboxylic acid groups (broad SMARTS) is 2. The molecule has 0 rings (SSSR count). The van der Waals surface area contributed by atoms with Crippen molar-refractivity contribution in [2.75, 3.05) is 6.61 Å². The van der Waals surface area contributed by atoms with Gasteiger partial charge in [-0.2, -0.15) is 0 Å². The topological polar surface area (TPSA) is 110 Å². The van der Waals surface area contributed by atoms with E-state index >= 15 is 0 Å². The summed E-state index contributed by atoms with van der Waals surface area (Å²) in [5, 5.41) is 18.3. The maximum atomic E-state index is 11.2. The van der Waals surface area contributed by atoms with Crippen LogP contribution in [0.5, 0.6) is 0 Å². The Balaban J connectivity index is 5.48. The molecular weight excluding hydrogens is 298 g/mol. The molecule has 0 fully saturated rings. The minimum absolute atomic E-state index is 0.000616. The molecule has 0 aliphatic heterocycles. The lowest BCUT2D eigenvalue weighted by Crippen LogP contribution is -2.61. The minimum atomic E-state index is -1.10. The van der Waals surface area contributed by atoms with Crippen molar-refractivity contribution in [3.63, 3.8) is 0 Å². The normalized spacial score (nSPS) is 19.4. The lowest BCUT2D eigenvalue weighted by molar-refractivity contribution is -0.151. The zero-order valence-electron chi connectivity index (χ0n) is 15.1. The highest BCUT2D eigenvalue weighted by Gasteiger charge is 2.48. The summed E-state index contributed by atoms with van der Waals surface area (Å²) < 4.78 is 6.03. The van der Waals surface area contributed by atoms with E-state index in [0.29, 0.717) is 19.4 Å². The number of carbonyl (C=O) groups is 2. The zero-order chi connectivity index (χ0) is 18.3. The van der Waals surface area contributed by atoms with Crippen LogP contribution < -0.4 is 5.73 Å². The maximum absolute atomic E-state index is 11.2. The lowest BCUT2D eigenvalue weighted by Gasteiger charge is -2.47. The molecule has 136 valence electrons. The predicted octanol–water partition coefficient (Wildman–Crippen LogP) is 3.04. The second kappa shape index (κ2) is 8.64. The van der Waals surface area contributed by atoms with Crippen LogP contribution in [0.3, 0.4) is 0 Å². The fourth-order valence-corrected chi connectivity index (χ4v) is 2.85. The van der Waals surface area contributed by atoms with Crippen molar-refractivity contribution in [1.29, 1.82) is 0 Å². The highest BCUT2D eigenvalue weighted by molar-refractivity contribution is 5.69. The maximum Gasteiger partial charge on any atom is 0.305 e. The quantitative estimate of drug-likeness (QED) is 0.474. The number of ether oxygens (including phenoxy) is 1. The van der Waals surface area contributed by atoms with Gasteiger partial charge in [0.05, 0.1) is 24.0 Å². The van der Waals surface area contributed by atoms with Crippen LogP contribution in [0.2, 0.25) is 0 Å². The average molecular weight is 331 g/mol. The molecule has 3 atom stereocenters. The van der Waals surface area contributed by atoms with Gasteiger partial charge in [0.2, 0.25) is 0 Å². The SMILES string of the molecule is CCCCOC(C)(CC(C)(CC)CC(=O)O)C(C)(N)CC(=O)O. The smallest absolute Gasteiger partial charge is 0.305 e. The molecule has 23 heavy (non-hydrogen) atoms. The van der Waals surface area contributed by atoms with E-state index in [-0.39, 0.29) is 12.8 Å². The van der Waals surface area contributed by atoms with Gasteiger partial charge < -0.3 is 20.7 Å². The Morgan fingerprint density at radius 3 is 1.96 bits per heavy atom. The van der Waals surface area contributed by atoms with Gasteiger partial charge in [0.25, 0.3) is 0 Å². The Labute approximate surface area is 139 Å². The van der Waals surface area contributed by atoms with Crippen LogP contribution in [0.25, 0.3) is 0 Å². The largest absolute Gasteiger partial charge is 0.481 e. The lowest BCUT2D eigenvalue weighted by atomic mass is 9.67. The molecule has 0 saturated carbocycles. The standard InChI is InChI=1S/C17H33NO5/c1-6-8-9-23-17(5,16(4,18)11-14(21)22)12-15(3,7-2)10-13(19)20/h6-12,18H2,1-5H3,(H,19,20)(H,21,22). The van der Waals surface area contributed by atoms with Crippen LogP contribution in [-0.4, -0.2) is 39.9 Å². The number of rotatable bonds is 12. The summed E-state index contributed by atoms with van der Waals surface area (Å²) in [5.74, 6) is -1.86. The fourth-order valence-electron chi connectivity index (χ4n) is 2.85. The number of aliphatic carboxylic acids is 2. The van der Waals surface area contributed by atoms with Gasteiger partial charge in [-0.3, -0.25) is 9.59 Å². The van der Waals surface area contributed by atoms with Gasteiger partial charge in [0, 0.05) is 6.61 Å². The fraction of sp³-hybridized carbons (Fsp3) is 0.882. The summed E-state index contributed by atoms with van der Waals surface area (Å²) in [7, 11) is 0. The molecule has 0 saturated heterocycles. The molecular formula is C17H33NO5. The molecule has 6 nitrogen and oxygen atoms in total. The number of nitrogens with two attached hydrogens (primary N) is 1. The molecule has 0 spiro atoms. The van der Waals surface area contributed by atoms with Crippen molar-refractivity contribution in [2.45, 2.75) is 84.3 Å². The summed E-state index contributed by atoms with van der Waals surface area (Å²) in [6, 6.07) is 0. The van der Waals surface area contributed by atoms with Crippen LogP contribution in [0.1, 0.15) is 73.1 Å². The van der Waals surface area contributed by atoms with E-state index in [4.69, 9.17) is 15.6 Å². The molecule has 0 radical (unpaired) electrons. The highest BCUT2D eigenvalue weighted by Crippen LogP contribution is 2.42. The second-order valence-electron chi connectivity index (χ2n) is 7.33. The van der Waals surface area contributed by atoms with Gasteiger partial charge in [-0.15, -0.1) is 0 Å². The molecule has 0 heterocycles. The van der Waals surface area contributed by atoms with Crippen LogP contribution in [0, 0.1) is 5.41 Å². The molecule has 4 N–H and O–H groups in total. The van der Waals surface area contributed by atoms with Crippen LogP contribution in [-0.2, 0) is 14.3 Å². The third kappa shape index (κ3) is 6.87. The Morgan fingerprint density at radius 1 is 1.04 bits per heavy atom. The van der Waals surface area contributed by atoms with Crippen LogP contribution in [0.4, 0.5) is 0 Å². The van der Waals surface area contributed by atoms with Crippen molar-refractivity contribution >= 4 is 11.9 Å². The minimum Gasteiger partial charge on any atom is -0.481 e. The van der Waals surface area contributed by atoms with E-state index in [1.54, 1.807) is 13.8 Å². The number of hydrogen-bond donors (Lipinski definition) is 3.